The number of ether oxygens (including phenoxy) is 1. The Hall–Kier alpha value is -2.90. The molecule has 0 unspecified atom stereocenters. The van der Waals surface area contributed by atoms with E-state index in [1.54, 1.807) is 36.2 Å². The van der Waals surface area contributed by atoms with Crippen LogP contribution in [0.2, 0.25) is 0 Å². The first-order valence-corrected chi connectivity index (χ1v) is 12.3. The molecule has 32 heavy (non-hydrogen) atoms. The van der Waals surface area contributed by atoms with Crippen LogP contribution in [0.1, 0.15) is 24.0 Å². The number of amides is 1. The van der Waals surface area contributed by atoms with Crippen LogP contribution in [-0.2, 0) is 11.3 Å². The molecule has 0 N–H and O–H groups in total. The van der Waals surface area contributed by atoms with Gasteiger partial charge in [-0.25, -0.2) is 4.98 Å². The van der Waals surface area contributed by atoms with Gasteiger partial charge in [0.25, 0.3) is 0 Å². The topological polar surface area (TPSA) is 55.3 Å². The monoisotopic (exact) mass is 463 g/mol. The molecule has 0 saturated carbocycles. The molecule has 0 bridgehead atoms. The number of rotatable bonds is 9. The molecule has 7 heteroatoms. The second-order valence-corrected chi connectivity index (χ2v) is 9.59. The third-order valence-corrected chi connectivity index (χ3v) is 7.15. The van der Waals surface area contributed by atoms with E-state index in [0.717, 1.165) is 28.0 Å². The molecule has 0 atom stereocenters. The number of carbonyl (C=O) groups is 1. The van der Waals surface area contributed by atoms with Crippen molar-refractivity contribution in [1.82, 2.24) is 9.97 Å². The second kappa shape index (κ2) is 10.6. The number of para-hydroxylation sites is 1. The summed E-state index contributed by atoms with van der Waals surface area (Å²) in [6.07, 6.45) is 4.79. The second-order valence-electron chi connectivity index (χ2n) is 7.41. The van der Waals surface area contributed by atoms with Gasteiger partial charge in [-0.3, -0.25) is 14.7 Å². The van der Waals surface area contributed by atoms with Crippen LogP contribution in [0, 0.1) is 6.92 Å². The summed E-state index contributed by atoms with van der Waals surface area (Å²) in [6, 6.07) is 18.2. The van der Waals surface area contributed by atoms with Gasteiger partial charge < -0.3 is 4.74 Å². The summed E-state index contributed by atoms with van der Waals surface area (Å²) in [6.45, 7) is 2.53. The summed E-state index contributed by atoms with van der Waals surface area (Å²) in [7, 11) is 1.64. The van der Waals surface area contributed by atoms with E-state index in [2.05, 4.69) is 36.2 Å². The first-order chi connectivity index (χ1) is 15.6. The lowest BCUT2D eigenvalue weighted by atomic mass is 10.2. The van der Waals surface area contributed by atoms with Crippen molar-refractivity contribution in [1.29, 1.82) is 0 Å². The van der Waals surface area contributed by atoms with Crippen LogP contribution in [-0.4, -0.2) is 28.7 Å². The van der Waals surface area contributed by atoms with Gasteiger partial charge in [0.2, 0.25) is 5.91 Å². The van der Waals surface area contributed by atoms with Gasteiger partial charge in [-0.15, -0.1) is 11.8 Å². The fraction of sp³-hybridized carbons (Fsp3) is 0.240. The molecule has 0 fully saturated rings. The molecule has 4 rings (SSSR count). The SMILES string of the molecule is COc1cccc2sc(N(Cc3cccnc3)C(=O)CCCSc3ccc(C)cc3)nc12. The lowest BCUT2D eigenvalue weighted by Gasteiger charge is -2.20. The molecular formula is C25H25N3O2S2. The average molecular weight is 464 g/mol. The molecule has 0 radical (unpaired) electrons. The van der Waals surface area contributed by atoms with Crippen LogP contribution in [0.25, 0.3) is 10.2 Å². The molecule has 0 spiro atoms. The molecular weight excluding hydrogens is 438 g/mol. The number of nitrogens with zero attached hydrogens (tertiary/aromatic N) is 3. The lowest BCUT2D eigenvalue weighted by Crippen LogP contribution is -2.30. The van der Waals surface area contributed by atoms with Crippen molar-refractivity contribution in [2.45, 2.75) is 31.2 Å². The zero-order chi connectivity index (χ0) is 22.3. The number of benzene rings is 2. The van der Waals surface area contributed by atoms with E-state index >= 15 is 0 Å². The Labute approximate surface area is 196 Å². The molecule has 1 amide bonds. The van der Waals surface area contributed by atoms with Crippen molar-refractivity contribution in [3.05, 3.63) is 78.1 Å². The van der Waals surface area contributed by atoms with Crippen molar-refractivity contribution >= 4 is 44.4 Å². The summed E-state index contributed by atoms with van der Waals surface area (Å²) in [5.74, 6) is 1.67. The molecule has 0 saturated heterocycles. The molecule has 0 aliphatic heterocycles. The number of aryl methyl sites for hydroxylation is 1. The van der Waals surface area contributed by atoms with E-state index in [0.29, 0.717) is 23.8 Å². The zero-order valence-electron chi connectivity index (χ0n) is 18.2. The first kappa shape index (κ1) is 22.3. The highest BCUT2D eigenvalue weighted by molar-refractivity contribution is 7.99. The Balaban J connectivity index is 1.48. The van der Waals surface area contributed by atoms with E-state index in [-0.39, 0.29) is 5.91 Å². The number of pyridine rings is 1. The predicted molar refractivity (Wildman–Crippen MR) is 133 cm³/mol. The van der Waals surface area contributed by atoms with Gasteiger partial charge in [0.15, 0.2) is 5.13 Å². The number of anilines is 1. The quantitative estimate of drug-likeness (QED) is 0.221. The molecule has 2 heterocycles. The van der Waals surface area contributed by atoms with E-state index in [4.69, 9.17) is 9.72 Å². The predicted octanol–water partition coefficient (Wildman–Crippen LogP) is 6.11. The Bertz CT molecular complexity index is 1180. The molecule has 164 valence electrons. The summed E-state index contributed by atoms with van der Waals surface area (Å²) in [5, 5.41) is 0.685. The third-order valence-electron chi connectivity index (χ3n) is 5.01. The maximum atomic E-state index is 13.3. The van der Waals surface area contributed by atoms with Crippen LogP contribution in [0.5, 0.6) is 5.75 Å². The minimum atomic E-state index is 0.0661. The fourth-order valence-corrected chi connectivity index (χ4v) is 5.16. The first-order valence-electron chi connectivity index (χ1n) is 10.5. The third kappa shape index (κ3) is 5.47. The fourth-order valence-electron chi connectivity index (χ4n) is 3.31. The molecule has 5 nitrogen and oxygen atoms in total. The molecule has 2 aromatic heterocycles. The van der Waals surface area contributed by atoms with Crippen LogP contribution >= 0.6 is 23.1 Å². The highest BCUT2D eigenvalue weighted by Crippen LogP contribution is 2.35. The maximum absolute atomic E-state index is 13.3. The van der Waals surface area contributed by atoms with Crippen molar-refractivity contribution < 1.29 is 9.53 Å². The number of aromatic nitrogens is 2. The Morgan fingerprint density at radius 2 is 1.97 bits per heavy atom. The minimum Gasteiger partial charge on any atom is -0.494 e. The molecule has 0 aliphatic carbocycles. The van der Waals surface area contributed by atoms with Crippen molar-refractivity contribution in [3.8, 4) is 5.75 Å². The normalized spacial score (nSPS) is 10.9. The van der Waals surface area contributed by atoms with Crippen LogP contribution in [0.3, 0.4) is 0 Å². The van der Waals surface area contributed by atoms with Crippen LogP contribution in [0.15, 0.2) is 71.9 Å². The van der Waals surface area contributed by atoms with Crippen molar-refractivity contribution in [3.63, 3.8) is 0 Å². The maximum Gasteiger partial charge on any atom is 0.229 e. The highest BCUT2D eigenvalue weighted by Gasteiger charge is 2.21. The summed E-state index contributed by atoms with van der Waals surface area (Å²) in [4.78, 5) is 25.2. The molecule has 4 aromatic rings. The number of thioether (sulfide) groups is 1. The number of carbonyl (C=O) groups excluding carboxylic acids is 1. The van der Waals surface area contributed by atoms with Crippen LogP contribution < -0.4 is 9.64 Å². The number of thiazole rings is 1. The summed E-state index contributed by atoms with van der Waals surface area (Å²) < 4.78 is 6.45. The summed E-state index contributed by atoms with van der Waals surface area (Å²) >= 11 is 3.29. The number of fused-ring (bicyclic) bond motifs is 1. The van der Waals surface area contributed by atoms with Gasteiger partial charge in [0, 0.05) is 23.7 Å². The van der Waals surface area contributed by atoms with Gasteiger partial charge in [0.05, 0.1) is 18.4 Å². The zero-order valence-corrected chi connectivity index (χ0v) is 19.8. The molecule has 0 aliphatic rings. The number of methoxy groups -OCH3 is 1. The highest BCUT2D eigenvalue weighted by atomic mass is 32.2. The smallest absolute Gasteiger partial charge is 0.229 e. The van der Waals surface area contributed by atoms with Crippen molar-refractivity contribution in [2.24, 2.45) is 0 Å². The standard InChI is InChI=1S/C25H25N3O2S2/c1-18-10-12-20(13-11-18)31-15-5-9-23(29)28(17-19-6-4-14-26-16-19)25-27-24-21(30-2)7-3-8-22(24)32-25/h3-4,6-8,10-14,16H,5,9,15,17H2,1-2H3. The average Bonchev–Trinajstić information content (AvgIpc) is 3.26. The van der Waals surface area contributed by atoms with Gasteiger partial charge in [-0.2, -0.15) is 0 Å². The minimum absolute atomic E-state index is 0.0661. The van der Waals surface area contributed by atoms with E-state index in [1.165, 1.54) is 21.8 Å². The van der Waals surface area contributed by atoms with Crippen LogP contribution in [0.4, 0.5) is 5.13 Å². The van der Waals surface area contributed by atoms with E-state index in [9.17, 15) is 4.79 Å². The van der Waals surface area contributed by atoms with Crippen molar-refractivity contribution in [2.75, 3.05) is 17.8 Å². The number of hydrogen-bond donors (Lipinski definition) is 0. The van der Waals surface area contributed by atoms with Gasteiger partial charge >= 0.3 is 0 Å². The van der Waals surface area contributed by atoms with Gasteiger partial charge in [-0.1, -0.05) is 41.2 Å². The lowest BCUT2D eigenvalue weighted by molar-refractivity contribution is -0.118. The number of hydrogen-bond acceptors (Lipinski definition) is 6. The van der Waals surface area contributed by atoms with E-state index in [1.807, 2.05) is 30.3 Å². The Morgan fingerprint density at radius 1 is 1.12 bits per heavy atom. The molecule has 2 aromatic carbocycles. The van der Waals surface area contributed by atoms with Gasteiger partial charge in [0.1, 0.15) is 11.3 Å². The van der Waals surface area contributed by atoms with E-state index < -0.39 is 0 Å². The Morgan fingerprint density at radius 3 is 2.72 bits per heavy atom. The summed E-state index contributed by atoms with van der Waals surface area (Å²) in [5.41, 5.74) is 3.01. The van der Waals surface area contributed by atoms with Gasteiger partial charge in [-0.05, 0) is 55.0 Å². The Kier molecular flexibility index (Phi) is 7.39. The largest absolute Gasteiger partial charge is 0.494 e.